The van der Waals surface area contributed by atoms with Crippen molar-refractivity contribution >= 4 is 11.6 Å². The van der Waals surface area contributed by atoms with E-state index in [1.807, 2.05) is 6.07 Å². The van der Waals surface area contributed by atoms with Crippen molar-refractivity contribution in [3.8, 4) is 0 Å². The van der Waals surface area contributed by atoms with E-state index in [4.69, 9.17) is 0 Å². The molecule has 17 heavy (non-hydrogen) atoms. The van der Waals surface area contributed by atoms with E-state index in [1.165, 1.54) is 5.56 Å². The lowest BCUT2D eigenvalue weighted by molar-refractivity contribution is -0.122. The van der Waals surface area contributed by atoms with Crippen molar-refractivity contribution < 1.29 is 4.79 Å². The Hall–Kier alpha value is -1.68. The molecule has 0 bridgehead atoms. The number of fused-ring (bicyclic) bond motifs is 1. The van der Waals surface area contributed by atoms with Gasteiger partial charge in [0, 0.05) is 19.6 Å². The van der Waals surface area contributed by atoms with Gasteiger partial charge in [-0.25, -0.2) is 5.43 Å². The second-order valence-corrected chi connectivity index (χ2v) is 4.62. The molecule has 1 aromatic carbocycles. The monoisotopic (exact) mass is 229 g/mol. The first kappa shape index (κ1) is 10.5. The van der Waals surface area contributed by atoms with Gasteiger partial charge in [0.25, 0.3) is 0 Å². The lowest BCUT2D eigenvalue weighted by atomic mass is 9.95. The smallest absolute Gasteiger partial charge is 0.249 e. The van der Waals surface area contributed by atoms with Crippen LogP contribution in [0.25, 0.3) is 0 Å². The van der Waals surface area contributed by atoms with Crippen molar-refractivity contribution in [3.05, 3.63) is 35.9 Å². The zero-order chi connectivity index (χ0) is 11.7. The van der Waals surface area contributed by atoms with Gasteiger partial charge in [0.1, 0.15) is 0 Å². The lowest BCUT2D eigenvalue weighted by Gasteiger charge is -2.29. The quantitative estimate of drug-likeness (QED) is 0.822. The molecule has 2 aliphatic heterocycles. The predicted octanol–water partition coefficient (Wildman–Crippen LogP) is 0.994. The molecule has 0 saturated carbocycles. The second-order valence-electron chi connectivity index (χ2n) is 4.62. The largest absolute Gasteiger partial charge is 0.293 e. The number of likely N-dealkylation sites (tertiary alicyclic amines) is 1. The number of nitrogens with zero attached hydrogens (tertiary/aromatic N) is 2. The fraction of sp³-hybridized carbons (Fsp3) is 0.385. The van der Waals surface area contributed by atoms with Crippen molar-refractivity contribution in [1.29, 1.82) is 0 Å². The van der Waals surface area contributed by atoms with Crippen molar-refractivity contribution in [2.24, 2.45) is 11.0 Å². The molecule has 1 unspecified atom stereocenters. The van der Waals surface area contributed by atoms with Gasteiger partial charge in [0.2, 0.25) is 5.91 Å². The Morgan fingerprint density at radius 2 is 2.18 bits per heavy atom. The van der Waals surface area contributed by atoms with Gasteiger partial charge in [-0.1, -0.05) is 30.3 Å². The van der Waals surface area contributed by atoms with E-state index in [9.17, 15) is 4.79 Å². The van der Waals surface area contributed by atoms with Crippen LogP contribution in [0, 0.1) is 5.92 Å². The molecule has 4 nitrogen and oxygen atoms in total. The molecule has 0 aromatic heterocycles. The van der Waals surface area contributed by atoms with Crippen LogP contribution in [0.15, 0.2) is 35.4 Å². The van der Waals surface area contributed by atoms with Crippen LogP contribution in [0.5, 0.6) is 0 Å². The van der Waals surface area contributed by atoms with Gasteiger partial charge in [0.15, 0.2) is 0 Å². The standard InChI is InChI=1S/C13H15N3O/c17-13-11-6-7-16(9-12(11)14-15-13)8-10-4-2-1-3-5-10/h1-5,11H,6-9H2,(H,15,17). The molecule has 0 radical (unpaired) electrons. The third-order valence-corrected chi connectivity index (χ3v) is 3.40. The molecule has 1 amide bonds. The number of carbonyl (C=O) groups is 1. The highest BCUT2D eigenvalue weighted by Gasteiger charge is 2.34. The minimum absolute atomic E-state index is 0.0297. The first-order valence-corrected chi connectivity index (χ1v) is 5.95. The van der Waals surface area contributed by atoms with Crippen molar-refractivity contribution in [3.63, 3.8) is 0 Å². The minimum Gasteiger partial charge on any atom is -0.293 e. The Morgan fingerprint density at radius 3 is 3.00 bits per heavy atom. The minimum atomic E-state index is 0.0297. The molecule has 2 heterocycles. The molecule has 1 atom stereocenters. The molecule has 1 N–H and O–H groups in total. The third kappa shape index (κ3) is 2.08. The van der Waals surface area contributed by atoms with Crippen molar-refractivity contribution in [2.45, 2.75) is 13.0 Å². The first-order chi connectivity index (χ1) is 8.33. The van der Waals surface area contributed by atoms with Crippen LogP contribution < -0.4 is 5.43 Å². The van der Waals surface area contributed by atoms with E-state index in [2.05, 4.69) is 39.7 Å². The Balaban J connectivity index is 1.66. The summed E-state index contributed by atoms with van der Waals surface area (Å²) < 4.78 is 0. The molecular formula is C13H15N3O. The number of hydrogen-bond acceptors (Lipinski definition) is 3. The van der Waals surface area contributed by atoms with E-state index >= 15 is 0 Å². The van der Waals surface area contributed by atoms with Crippen LogP contribution in [-0.4, -0.2) is 29.6 Å². The summed E-state index contributed by atoms with van der Waals surface area (Å²) in [5.41, 5.74) is 4.87. The molecule has 1 aromatic rings. The van der Waals surface area contributed by atoms with Gasteiger partial charge in [-0.05, 0) is 12.0 Å². The number of benzene rings is 1. The SMILES string of the molecule is O=C1NN=C2CN(Cc3ccccc3)CCC12. The Bertz CT molecular complexity index is 455. The van der Waals surface area contributed by atoms with Crippen molar-refractivity contribution in [2.75, 3.05) is 13.1 Å². The summed E-state index contributed by atoms with van der Waals surface area (Å²) in [6, 6.07) is 10.4. The Kier molecular flexibility index (Phi) is 2.65. The second kappa shape index (κ2) is 4.30. The number of nitrogens with one attached hydrogen (secondary N) is 1. The molecule has 3 rings (SSSR count). The van der Waals surface area contributed by atoms with Gasteiger partial charge in [-0.15, -0.1) is 0 Å². The number of rotatable bonds is 2. The van der Waals surface area contributed by atoms with Crippen LogP contribution >= 0.6 is 0 Å². The predicted molar refractivity (Wildman–Crippen MR) is 65.4 cm³/mol. The van der Waals surface area contributed by atoms with Crippen molar-refractivity contribution in [1.82, 2.24) is 10.3 Å². The van der Waals surface area contributed by atoms with E-state index < -0.39 is 0 Å². The van der Waals surface area contributed by atoms with Crippen LogP contribution in [0.3, 0.4) is 0 Å². The molecule has 2 aliphatic rings. The van der Waals surface area contributed by atoms with Gasteiger partial charge >= 0.3 is 0 Å². The third-order valence-electron chi connectivity index (χ3n) is 3.40. The van der Waals surface area contributed by atoms with Gasteiger partial charge in [0.05, 0.1) is 11.6 Å². The number of hydrogen-bond donors (Lipinski definition) is 1. The zero-order valence-corrected chi connectivity index (χ0v) is 9.60. The summed E-state index contributed by atoms with van der Waals surface area (Å²) in [6.07, 6.45) is 0.886. The van der Waals surface area contributed by atoms with E-state index in [-0.39, 0.29) is 11.8 Å². The molecule has 1 fully saturated rings. The summed E-state index contributed by atoms with van der Waals surface area (Å²) in [7, 11) is 0. The number of piperidine rings is 1. The topological polar surface area (TPSA) is 44.7 Å². The average Bonchev–Trinajstić information content (AvgIpc) is 2.72. The Morgan fingerprint density at radius 1 is 1.35 bits per heavy atom. The first-order valence-electron chi connectivity index (χ1n) is 5.95. The normalized spacial score (nSPS) is 24.1. The molecule has 0 aliphatic carbocycles. The van der Waals surface area contributed by atoms with Gasteiger partial charge in [-0.2, -0.15) is 5.10 Å². The zero-order valence-electron chi connectivity index (χ0n) is 9.60. The lowest BCUT2D eigenvalue weighted by Crippen LogP contribution is -2.41. The number of amides is 1. The summed E-state index contributed by atoms with van der Waals surface area (Å²) in [5.74, 6) is 0.0985. The van der Waals surface area contributed by atoms with Crippen LogP contribution in [0.4, 0.5) is 0 Å². The average molecular weight is 229 g/mol. The maximum absolute atomic E-state index is 11.4. The maximum Gasteiger partial charge on any atom is 0.249 e. The van der Waals surface area contributed by atoms with E-state index in [0.717, 1.165) is 31.8 Å². The molecular weight excluding hydrogens is 214 g/mol. The highest BCUT2D eigenvalue weighted by molar-refractivity contribution is 6.09. The molecule has 0 spiro atoms. The van der Waals surface area contributed by atoms with Crippen LogP contribution in [-0.2, 0) is 11.3 Å². The van der Waals surface area contributed by atoms with E-state index in [1.54, 1.807) is 0 Å². The van der Waals surface area contributed by atoms with Gasteiger partial charge in [-0.3, -0.25) is 9.69 Å². The highest BCUT2D eigenvalue weighted by Crippen LogP contribution is 2.20. The fourth-order valence-corrected chi connectivity index (χ4v) is 2.47. The van der Waals surface area contributed by atoms with E-state index in [0.29, 0.717) is 0 Å². The fourth-order valence-electron chi connectivity index (χ4n) is 2.47. The molecule has 4 heteroatoms. The summed E-state index contributed by atoms with van der Waals surface area (Å²) >= 11 is 0. The summed E-state index contributed by atoms with van der Waals surface area (Å²) in [5, 5.41) is 4.11. The highest BCUT2D eigenvalue weighted by atomic mass is 16.2. The van der Waals surface area contributed by atoms with Gasteiger partial charge < -0.3 is 0 Å². The van der Waals surface area contributed by atoms with Crippen LogP contribution in [0.2, 0.25) is 0 Å². The number of hydrazone groups is 1. The molecule has 1 saturated heterocycles. The Labute approximate surface area is 100 Å². The maximum atomic E-state index is 11.4. The molecule has 88 valence electrons. The summed E-state index contributed by atoms with van der Waals surface area (Å²) in [4.78, 5) is 13.8. The summed E-state index contributed by atoms with van der Waals surface area (Å²) in [6.45, 7) is 2.70. The van der Waals surface area contributed by atoms with Crippen LogP contribution in [0.1, 0.15) is 12.0 Å². The number of carbonyl (C=O) groups excluding carboxylic acids is 1.